The van der Waals surface area contributed by atoms with Crippen molar-refractivity contribution in [3.63, 3.8) is 0 Å². The zero-order valence-electron chi connectivity index (χ0n) is 18.1. The lowest BCUT2D eigenvalue weighted by Crippen LogP contribution is -2.13. The molecule has 0 fully saturated rings. The van der Waals surface area contributed by atoms with Gasteiger partial charge in [0.2, 0.25) is 5.13 Å². The van der Waals surface area contributed by atoms with E-state index in [-0.39, 0.29) is 5.91 Å². The van der Waals surface area contributed by atoms with E-state index in [1.807, 2.05) is 19.1 Å². The van der Waals surface area contributed by atoms with Gasteiger partial charge < -0.3 is 4.42 Å². The third-order valence-electron chi connectivity index (χ3n) is 5.06. The van der Waals surface area contributed by atoms with Gasteiger partial charge in [-0.2, -0.15) is 10.4 Å². The fraction of sp³-hybridized carbons (Fsp3) is 0.130. The zero-order chi connectivity index (χ0) is 23.7. The van der Waals surface area contributed by atoms with Crippen molar-refractivity contribution >= 4 is 45.2 Å². The molecule has 1 N–H and O–H groups in total. The van der Waals surface area contributed by atoms with Crippen molar-refractivity contribution in [1.82, 2.24) is 25.0 Å². The molecule has 1 amide bonds. The highest BCUT2D eigenvalue weighted by Gasteiger charge is 2.21. The van der Waals surface area contributed by atoms with Gasteiger partial charge in [0.25, 0.3) is 5.91 Å². The minimum absolute atomic E-state index is 0.323. The highest BCUT2D eigenvalue weighted by Crippen LogP contribution is 2.31. The van der Waals surface area contributed by atoms with Crippen LogP contribution < -0.4 is 5.32 Å². The van der Waals surface area contributed by atoms with Gasteiger partial charge in [-0.1, -0.05) is 35.2 Å². The Labute approximate surface area is 202 Å². The van der Waals surface area contributed by atoms with Crippen molar-refractivity contribution in [1.29, 1.82) is 5.26 Å². The molecule has 0 atom stereocenters. The minimum Gasteiger partial charge on any atom is -0.463 e. The third kappa shape index (κ3) is 4.28. The normalized spacial score (nSPS) is 11.0. The maximum Gasteiger partial charge on any atom is 0.258 e. The maximum atomic E-state index is 13.3. The SMILES string of the molecule is Cc1nn(C)c2nc(-c3ccco3)cc(C(=O)Nc3nnc(SCc4ccc(C#N)cc4)s3)c12. The number of carbonyl (C=O) groups is 1. The lowest BCUT2D eigenvalue weighted by atomic mass is 10.1. The third-order valence-corrected chi connectivity index (χ3v) is 7.10. The summed E-state index contributed by atoms with van der Waals surface area (Å²) in [6, 6.07) is 14.8. The van der Waals surface area contributed by atoms with Gasteiger partial charge >= 0.3 is 0 Å². The number of benzene rings is 1. The first-order valence-corrected chi connectivity index (χ1v) is 12.0. The van der Waals surface area contributed by atoms with Crippen molar-refractivity contribution in [2.45, 2.75) is 17.0 Å². The number of rotatable bonds is 6. The van der Waals surface area contributed by atoms with Gasteiger partial charge in [-0.25, -0.2) is 4.98 Å². The number of nitrogens with one attached hydrogen (secondary N) is 1. The van der Waals surface area contributed by atoms with Crippen LogP contribution in [0.3, 0.4) is 0 Å². The number of hydrogen-bond donors (Lipinski definition) is 1. The smallest absolute Gasteiger partial charge is 0.258 e. The molecule has 9 nitrogen and oxygen atoms in total. The fourth-order valence-corrected chi connectivity index (χ4v) is 5.18. The molecule has 11 heteroatoms. The largest absolute Gasteiger partial charge is 0.463 e. The Balaban J connectivity index is 1.37. The summed E-state index contributed by atoms with van der Waals surface area (Å²) in [5.74, 6) is 0.920. The molecule has 0 radical (unpaired) electrons. The number of nitriles is 1. The Morgan fingerprint density at radius 3 is 2.82 bits per heavy atom. The maximum absolute atomic E-state index is 13.3. The minimum atomic E-state index is -0.323. The summed E-state index contributed by atoms with van der Waals surface area (Å²) in [4.78, 5) is 17.9. The predicted molar refractivity (Wildman–Crippen MR) is 130 cm³/mol. The molecule has 0 spiro atoms. The van der Waals surface area contributed by atoms with Crippen LogP contribution in [-0.2, 0) is 12.8 Å². The van der Waals surface area contributed by atoms with E-state index >= 15 is 0 Å². The molecule has 0 aliphatic carbocycles. The number of aryl methyl sites for hydroxylation is 2. The topological polar surface area (TPSA) is 123 Å². The number of thioether (sulfide) groups is 1. The summed E-state index contributed by atoms with van der Waals surface area (Å²) in [5.41, 5.74) is 3.97. The van der Waals surface area contributed by atoms with Crippen LogP contribution >= 0.6 is 23.1 Å². The lowest BCUT2D eigenvalue weighted by molar-refractivity contribution is 0.102. The summed E-state index contributed by atoms with van der Waals surface area (Å²) in [5, 5.41) is 25.6. The Kier molecular flexibility index (Phi) is 5.83. The zero-order valence-corrected chi connectivity index (χ0v) is 19.8. The fourth-order valence-electron chi connectivity index (χ4n) is 3.48. The highest BCUT2D eigenvalue weighted by atomic mass is 32.2. The number of nitrogens with zero attached hydrogens (tertiary/aromatic N) is 6. The predicted octanol–water partition coefficient (Wildman–Crippen LogP) is 4.80. The Hall–Kier alpha value is -4.01. The van der Waals surface area contributed by atoms with Gasteiger partial charge in [-0.05, 0) is 42.8 Å². The molecule has 0 saturated heterocycles. The van der Waals surface area contributed by atoms with Crippen LogP contribution in [0.2, 0.25) is 0 Å². The van der Waals surface area contributed by atoms with E-state index in [2.05, 4.69) is 31.7 Å². The van der Waals surface area contributed by atoms with Gasteiger partial charge in [0.15, 0.2) is 15.7 Å². The van der Waals surface area contributed by atoms with Crippen LogP contribution in [0, 0.1) is 18.3 Å². The monoisotopic (exact) mass is 487 g/mol. The average molecular weight is 488 g/mol. The second-order valence-electron chi connectivity index (χ2n) is 7.36. The van der Waals surface area contributed by atoms with Gasteiger partial charge in [-0.3, -0.25) is 14.8 Å². The molecule has 5 rings (SSSR count). The molecule has 5 aromatic rings. The molecule has 1 aromatic carbocycles. The molecule has 0 aliphatic heterocycles. The number of anilines is 1. The number of hydrogen-bond acceptors (Lipinski definition) is 9. The summed E-state index contributed by atoms with van der Waals surface area (Å²) in [6.07, 6.45) is 1.56. The molecular weight excluding hydrogens is 470 g/mol. The van der Waals surface area contributed by atoms with Crippen LogP contribution in [0.25, 0.3) is 22.5 Å². The standard InChI is InChI=1S/C23H17N7O2S2/c1-13-19-16(10-17(18-4-3-9-32-18)25-20(19)30(2)29-13)21(31)26-22-27-28-23(34-22)33-12-15-7-5-14(11-24)6-8-15/h3-10H,12H2,1-2H3,(H,26,27,31). The number of fused-ring (bicyclic) bond motifs is 1. The van der Waals surface area contributed by atoms with E-state index in [1.165, 1.54) is 23.1 Å². The highest BCUT2D eigenvalue weighted by molar-refractivity contribution is 8.00. The Morgan fingerprint density at radius 1 is 1.26 bits per heavy atom. The Morgan fingerprint density at radius 2 is 2.09 bits per heavy atom. The molecule has 168 valence electrons. The van der Waals surface area contributed by atoms with E-state index in [4.69, 9.17) is 9.68 Å². The number of carbonyl (C=O) groups excluding carboxylic acids is 1. The van der Waals surface area contributed by atoms with E-state index in [0.29, 0.717) is 50.2 Å². The van der Waals surface area contributed by atoms with Crippen molar-refractivity contribution in [3.8, 4) is 17.5 Å². The first-order chi connectivity index (χ1) is 16.5. The molecule has 0 bridgehead atoms. The summed E-state index contributed by atoms with van der Waals surface area (Å²) in [6.45, 7) is 1.84. The second-order valence-corrected chi connectivity index (χ2v) is 9.56. The van der Waals surface area contributed by atoms with Crippen molar-refractivity contribution < 1.29 is 9.21 Å². The molecule has 0 aliphatic rings. The summed E-state index contributed by atoms with van der Waals surface area (Å²) >= 11 is 2.82. The van der Waals surface area contributed by atoms with E-state index in [1.54, 1.807) is 48.3 Å². The van der Waals surface area contributed by atoms with Gasteiger partial charge in [0.05, 0.1) is 34.5 Å². The summed E-state index contributed by atoms with van der Waals surface area (Å²) < 4.78 is 7.86. The van der Waals surface area contributed by atoms with E-state index < -0.39 is 0 Å². The Bertz CT molecular complexity index is 1530. The number of amides is 1. The van der Waals surface area contributed by atoms with Crippen molar-refractivity contribution in [3.05, 3.63) is 71.1 Å². The average Bonchev–Trinajstić information content (AvgIpc) is 3.59. The van der Waals surface area contributed by atoms with Gasteiger partial charge in [0, 0.05) is 12.8 Å². The number of furan rings is 1. The molecule has 0 saturated carbocycles. The van der Waals surface area contributed by atoms with Crippen molar-refractivity contribution in [2.75, 3.05) is 5.32 Å². The van der Waals surface area contributed by atoms with E-state index in [9.17, 15) is 4.79 Å². The number of aromatic nitrogens is 5. The van der Waals surface area contributed by atoms with Gasteiger partial charge in [0.1, 0.15) is 5.69 Å². The molecule has 34 heavy (non-hydrogen) atoms. The number of pyridine rings is 1. The quantitative estimate of drug-likeness (QED) is 0.268. The van der Waals surface area contributed by atoms with Crippen LogP contribution in [0.5, 0.6) is 0 Å². The first-order valence-electron chi connectivity index (χ1n) is 10.2. The molecule has 4 heterocycles. The lowest BCUT2D eigenvalue weighted by Gasteiger charge is -2.06. The molecule has 0 unspecified atom stereocenters. The van der Waals surface area contributed by atoms with Gasteiger partial charge in [-0.15, -0.1) is 10.2 Å². The second kappa shape index (κ2) is 9.09. The molecule has 4 aromatic heterocycles. The van der Waals surface area contributed by atoms with Crippen LogP contribution in [-0.4, -0.2) is 30.9 Å². The van der Waals surface area contributed by atoms with E-state index in [0.717, 1.165) is 9.90 Å². The van der Waals surface area contributed by atoms with Crippen LogP contribution in [0.15, 0.2) is 57.5 Å². The first kappa shape index (κ1) is 21.8. The van der Waals surface area contributed by atoms with Crippen molar-refractivity contribution in [2.24, 2.45) is 7.05 Å². The van der Waals surface area contributed by atoms with Crippen LogP contribution in [0.4, 0.5) is 5.13 Å². The molecular formula is C23H17N7O2S2. The van der Waals surface area contributed by atoms with Crippen LogP contribution in [0.1, 0.15) is 27.2 Å². The summed E-state index contributed by atoms with van der Waals surface area (Å²) in [7, 11) is 1.79.